The second-order valence-corrected chi connectivity index (χ2v) is 16.9. The van der Waals surface area contributed by atoms with Crippen molar-refractivity contribution in [2.45, 2.75) is 111 Å². The van der Waals surface area contributed by atoms with Gasteiger partial charge in [-0.3, -0.25) is 9.59 Å². The lowest BCUT2D eigenvalue weighted by Gasteiger charge is -2.33. The van der Waals surface area contributed by atoms with E-state index in [1.165, 1.54) is 14.2 Å². The number of carbonyl (C=O) groups is 4. The molecule has 4 N–H and O–H groups in total. The Bertz CT molecular complexity index is 2090. The Balaban J connectivity index is 1.16. The van der Waals surface area contributed by atoms with Crippen LogP contribution in [0.4, 0.5) is 9.59 Å². The van der Waals surface area contributed by atoms with Crippen molar-refractivity contribution in [3.05, 3.63) is 72.6 Å². The van der Waals surface area contributed by atoms with E-state index >= 15 is 0 Å². The SMILES string of the molecule is CC[C@@H]1C[C@@H](c2ncc(-c3ccc(-c4ccc(-c5cnc([C@@H]6C[C@@H](C)[C@H](C)N6C(=O)[C@@H](NC(=O)OC)C(C)C)[nH]5)cc4)cc3)[nH]2)N(C(=O)[C@@H](NC(=O)OC)C(C)C)[C@H]1C. The van der Waals surface area contributed by atoms with Crippen LogP contribution in [0.25, 0.3) is 33.6 Å². The zero-order chi connectivity index (χ0) is 42.7. The predicted molar refractivity (Wildman–Crippen MR) is 226 cm³/mol. The van der Waals surface area contributed by atoms with Crippen LogP contribution in [-0.4, -0.2) is 92.1 Å². The molecule has 4 aromatic rings. The van der Waals surface area contributed by atoms with Gasteiger partial charge >= 0.3 is 12.2 Å². The number of nitrogens with zero attached hydrogens (tertiary/aromatic N) is 4. The van der Waals surface area contributed by atoms with Crippen molar-refractivity contribution in [2.75, 3.05) is 14.2 Å². The number of nitrogens with one attached hydrogen (secondary N) is 4. The van der Waals surface area contributed by atoms with Crippen molar-refractivity contribution in [2.24, 2.45) is 23.7 Å². The Morgan fingerprint density at radius 3 is 1.44 bits per heavy atom. The molecule has 0 saturated carbocycles. The van der Waals surface area contributed by atoms with Crippen LogP contribution in [0.3, 0.4) is 0 Å². The topological polar surface area (TPSA) is 175 Å². The Morgan fingerprint density at radius 1 is 0.661 bits per heavy atom. The Kier molecular flexibility index (Phi) is 13.2. The van der Waals surface area contributed by atoms with Gasteiger partial charge in [-0.25, -0.2) is 19.6 Å². The molecule has 0 radical (unpaired) electrons. The van der Waals surface area contributed by atoms with Gasteiger partial charge in [0.05, 0.1) is 50.1 Å². The van der Waals surface area contributed by atoms with Crippen molar-refractivity contribution in [1.82, 2.24) is 40.4 Å². The van der Waals surface area contributed by atoms with Crippen LogP contribution < -0.4 is 10.6 Å². The normalized spacial score (nSPS) is 22.7. The number of likely N-dealkylation sites (tertiary alicyclic amines) is 2. The van der Waals surface area contributed by atoms with Crippen molar-refractivity contribution in [3.8, 4) is 33.6 Å². The van der Waals surface area contributed by atoms with Crippen molar-refractivity contribution in [1.29, 1.82) is 0 Å². The lowest BCUT2D eigenvalue weighted by molar-refractivity contribution is -0.138. The number of alkyl carbamates (subject to hydrolysis) is 2. The van der Waals surface area contributed by atoms with E-state index in [-0.39, 0.29) is 53.7 Å². The first-order valence-electron chi connectivity index (χ1n) is 20.8. The zero-order valence-corrected chi connectivity index (χ0v) is 35.9. The molecule has 2 aliphatic heterocycles. The molecule has 2 fully saturated rings. The third-order valence-corrected chi connectivity index (χ3v) is 12.5. The minimum absolute atomic E-state index is 0.0189. The molecule has 2 aromatic heterocycles. The average molecular weight is 809 g/mol. The summed E-state index contributed by atoms with van der Waals surface area (Å²) in [5, 5.41) is 5.48. The third kappa shape index (κ3) is 8.86. The minimum atomic E-state index is -0.717. The summed E-state index contributed by atoms with van der Waals surface area (Å²) in [7, 11) is 2.59. The van der Waals surface area contributed by atoms with E-state index in [1.807, 2.05) is 56.8 Å². The monoisotopic (exact) mass is 808 g/mol. The largest absolute Gasteiger partial charge is 0.453 e. The number of rotatable bonds is 12. The Hall–Kier alpha value is -5.66. The maximum atomic E-state index is 14.0. The lowest BCUT2D eigenvalue weighted by atomic mass is 9.97. The molecule has 8 atom stereocenters. The molecule has 2 aromatic carbocycles. The number of hydrogen-bond donors (Lipinski definition) is 4. The molecule has 14 nitrogen and oxygen atoms in total. The van der Waals surface area contributed by atoms with E-state index in [9.17, 15) is 19.2 Å². The quantitative estimate of drug-likeness (QED) is 0.112. The molecule has 59 heavy (non-hydrogen) atoms. The van der Waals surface area contributed by atoms with E-state index in [0.29, 0.717) is 11.7 Å². The number of hydrogen-bond acceptors (Lipinski definition) is 8. The first kappa shape index (κ1) is 42.9. The van der Waals surface area contributed by atoms with Crippen molar-refractivity contribution in [3.63, 3.8) is 0 Å². The van der Waals surface area contributed by atoms with Gasteiger partial charge in [-0.05, 0) is 72.6 Å². The summed E-state index contributed by atoms with van der Waals surface area (Å²) in [5.41, 5.74) is 5.76. The highest BCUT2D eigenvalue weighted by Crippen LogP contribution is 2.42. The molecule has 2 aliphatic rings. The van der Waals surface area contributed by atoms with Crippen molar-refractivity contribution < 1.29 is 28.7 Å². The maximum absolute atomic E-state index is 14.0. The number of amides is 4. The average Bonchev–Trinajstić information content (AvgIpc) is 4.04. The molecule has 14 heteroatoms. The van der Waals surface area contributed by atoms with Crippen LogP contribution in [0.15, 0.2) is 60.9 Å². The minimum Gasteiger partial charge on any atom is -0.453 e. The van der Waals surface area contributed by atoms with Crippen LogP contribution in [0.5, 0.6) is 0 Å². The van der Waals surface area contributed by atoms with E-state index in [2.05, 4.69) is 89.9 Å². The number of benzene rings is 2. The van der Waals surface area contributed by atoms with Gasteiger partial charge in [-0.15, -0.1) is 0 Å². The number of methoxy groups -OCH3 is 2. The van der Waals surface area contributed by atoms with Gasteiger partial charge in [0, 0.05) is 12.1 Å². The third-order valence-electron chi connectivity index (χ3n) is 12.5. The second kappa shape index (κ2) is 18.1. The van der Waals surface area contributed by atoms with Crippen LogP contribution in [0.2, 0.25) is 0 Å². The molecule has 0 aliphatic carbocycles. The van der Waals surface area contributed by atoms with Gasteiger partial charge in [-0.1, -0.05) is 96.5 Å². The molecular formula is C45H60N8O6. The molecule has 2 saturated heterocycles. The highest BCUT2D eigenvalue weighted by atomic mass is 16.5. The molecule has 0 bridgehead atoms. The summed E-state index contributed by atoms with van der Waals surface area (Å²) >= 11 is 0. The highest BCUT2D eigenvalue weighted by molar-refractivity contribution is 5.87. The van der Waals surface area contributed by atoms with Crippen molar-refractivity contribution >= 4 is 24.0 Å². The van der Waals surface area contributed by atoms with Crippen LogP contribution in [0, 0.1) is 23.7 Å². The first-order chi connectivity index (χ1) is 28.2. The fourth-order valence-corrected chi connectivity index (χ4v) is 8.74. The number of imidazole rings is 2. The molecule has 4 amide bonds. The smallest absolute Gasteiger partial charge is 0.407 e. The van der Waals surface area contributed by atoms with E-state index in [4.69, 9.17) is 19.4 Å². The summed E-state index contributed by atoms with van der Waals surface area (Å²) in [6.45, 7) is 16.1. The fourth-order valence-electron chi connectivity index (χ4n) is 8.74. The van der Waals surface area contributed by atoms with Gasteiger partial charge in [-0.2, -0.15) is 0 Å². The first-order valence-corrected chi connectivity index (χ1v) is 20.8. The highest BCUT2D eigenvalue weighted by Gasteiger charge is 2.46. The zero-order valence-electron chi connectivity index (χ0n) is 35.9. The van der Waals surface area contributed by atoms with Gasteiger partial charge < -0.3 is 39.9 Å². The number of ether oxygens (including phenoxy) is 2. The van der Waals surface area contributed by atoms with Crippen LogP contribution in [0.1, 0.15) is 98.4 Å². The number of aromatic amines is 2. The summed E-state index contributed by atoms with van der Waals surface area (Å²) in [5.74, 6) is 1.45. The predicted octanol–water partition coefficient (Wildman–Crippen LogP) is 7.88. The van der Waals surface area contributed by atoms with E-state index in [1.54, 1.807) is 0 Å². The molecule has 316 valence electrons. The number of carbonyl (C=O) groups excluding carboxylic acids is 4. The summed E-state index contributed by atoms with van der Waals surface area (Å²) in [4.78, 5) is 72.5. The fraction of sp³-hybridized carbons (Fsp3) is 0.511. The molecule has 4 heterocycles. The summed E-state index contributed by atoms with van der Waals surface area (Å²) in [6, 6.07) is 14.6. The van der Waals surface area contributed by atoms with E-state index in [0.717, 1.165) is 58.7 Å². The molecule has 0 unspecified atom stereocenters. The molecular weight excluding hydrogens is 749 g/mol. The number of aromatic nitrogens is 4. The Labute approximate surface area is 347 Å². The lowest BCUT2D eigenvalue weighted by Crippen LogP contribution is -2.53. The second-order valence-electron chi connectivity index (χ2n) is 16.9. The summed E-state index contributed by atoms with van der Waals surface area (Å²) < 4.78 is 9.63. The Morgan fingerprint density at radius 2 is 1.05 bits per heavy atom. The standard InChI is InChI=1S/C45H60N8O6/c1-11-29-21-37(53(28(29)8)43(55)39(25(4)5)51-45(57)59-10)41-47-23-35(49-41)33-18-14-31(15-19-33)30-12-16-32(17-13-30)34-22-46-40(48-34)36-20-26(6)27(7)52(36)42(54)38(24(2)3)50-44(56)58-9/h12-19,22-29,36-39H,11,20-21H2,1-10H3,(H,46,48)(H,47,49)(H,50,56)(H,51,57)/t26-,27+,28+,29-,36+,37+,38+,39+/m1/s1. The maximum Gasteiger partial charge on any atom is 0.407 e. The van der Waals surface area contributed by atoms with E-state index < -0.39 is 24.3 Å². The molecule has 0 spiro atoms. The van der Waals surface area contributed by atoms with Gasteiger partial charge in [0.2, 0.25) is 11.8 Å². The summed E-state index contributed by atoms with van der Waals surface area (Å²) in [6.07, 6.45) is 4.83. The van der Waals surface area contributed by atoms with Gasteiger partial charge in [0.1, 0.15) is 23.7 Å². The van der Waals surface area contributed by atoms with Gasteiger partial charge in [0.25, 0.3) is 0 Å². The van der Waals surface area contributed by atoms with Crippen LogP contribution in [-0.2, 0) is 19.1 Å². The van der Waals surface area contributed by atoms with Crippen LogP contribution >= 0.6 is 0 Å². The number of H-pyrrole nitrogens is 2. The molecule has 6 rings (SSSR count). The van der Waals surface area contributed by atoms with Gasteiger partial charge in [0.15, 0.2) is 0 Å².